The van der Waals surface area contributed by atoms with Gasteiger partial charge in [-0.05, 0) is 30.8 Å². The monoisotopic (exact) mass is 292 g/mol. The molecule has 1 fully saturated rings. The van der Waals surface area contributed by atoms with Crippen LogP contribution in [0.5, 0.6) is 0 Å². The number of hydrogen-bond donors (Lipinski definition) is 1. The third kappa shape index (κ3) is 2.76. The van der Waals surface area contributed by atoms with Gasteiger partial charge in [0.2, 0.25) is 0 Å². The molecule has 0 spiro atoms. The van der Waals surface area contributed by atoms with E-state index >= 15 is 0 Å². The molecule has 0 amide bonds. The van der Waals surface area contributed by atoms with Crippen LogP contribution in [0.25, 0.3) is 10.6 Å². The molecule has 1 aliphatic rings. The summed E-state index contributed by atoms with van der Waals surface area (Å²) in [4.78, 5) is 14.3. The van der Waals surface area contributed by atoms with Gasteiger partial charge in [0.1, 0.15) is 6.04 Å². The summed E-state index contributed by atoms with van der Waals surface area (Å²) in [5.41, 5.74) is 0.793. The molecule has 2 aromatic rings. The Labute approximate surface area is 120 Å². The number of carboxylic acids is 1. The van der Waals surface area contributed by atoms with E-state index in [1.165, 1.54) is 0 Å². The predicted octanol–water partition coefficient (Wildman–Crippen LogP) is 2.84. The maximum Gasteiger partial charge on any atom is 0.320 e. The average Bonchev–Trinajstić information content (AvgIpc) is 3.09. The number of carboxylic acid groups (broad SMARTS) is 1. The standard InChI is InChI=1S/C14H16N2O3S/c17-14(18)11-4-1-2-6-16(11)9-10-8-12(19-15-10)13-5-3-7-20-13/h3,5,7-8,11H,1-2,4,6,9H2,(H,17,18). The van der Waals surface area contributed by atoms with Crippen molar-refractivity contribution in [2.24, 2.45) is 0 Å². The summed E-state index contributed by atoms with van der Waals surface area (Å²) in [7, 11) is 0. The van der Waals surface area contributed by atoms with E-state index in [0.717, 1.165) is 35.7 Å². The number of aromatic nitrogens is 1. The highest BCUT2D eigenvalue weighted by Crippen LogP contribution is 2.26. The highest BCUT2D eigenvalue weighted by molar-refractivity contribution is 7.13. The van der Waals surface area contributed by atoms with Crippen LogP contribution < -0.4 is 0 Å². The Balaban J connectivity index is 1.72. The summed E-state index contributed by atoms with van der Waals surface area (Å²) in [6.07, 6.45) is 2.73. The molecule has 6 heteroatoms. The minimum absolute atomic E-state index is 0.398. The van der Waals surface area contributed by atoms with E-state index < -0.39 is 12.0 Å². The molecular weight excluding hydrogens is 276 g/mol. The first-order chi connectivity index (χ1) is 9.74. The molecule has 5 nitrogen and oxygen atoms in total. The Morgan fingerprint density at radius 3 is 3.20 bits per heavy atom. The lowest BCUT2D eigenvalue weighted by molar-refractivity contribution is -0.144. The van der Waals surface area contributed by atoms with Crippen LogP contribution in [0.3, 0.4) is 0 Å². The number of likely N-dealkylation sites (tertiary alicyclic amines) is 1. The summed E-state index contributed by atoms with van der Waals surface area (Å²) in [5, 5.41) is 15.3. The second-order valence-corrected chi connectivity index (χ2v) is 5.93. The number of nitrogens with zero attached hydrogens (tertiary/aromatic N) is 2. The van der Waals surface area contributed by atoms with E-state index in [9.17, 15) is 9.90 Å². The maximum atomic E-state index is 11.3. The van der Waals surface area contributed by atoms with Gasteiger partial charge in [-0.15, -0.1) is 11.3 Å². The lowest BCUT2D eigenvalue weighted by Gasteiger charge is -2.31. The molecule has 0 radical (unpaired) electrons. The van der Waals surface area contributed by atoms with Crippen LogP contribution in [0.2, 0.25) is 0 Å². The molecule has 3 rings (SSSR count). The topological polar surface area (TPSA) is 66.6 Å². The molecule has 1 N–H and O–H groups in total. The van der Waals surface area contributed by atoms with Gasteiger partial charge in [-0.2, -0.15) is 0 Å². The second-order valence-electron chi connectivity index (χ2n) is 4.98. The van der Waals surface area contributed by atoms with Gasteiger partial charge >= 0.3 is 5.97 Å². The van der Waals surface area contributed by atoms with E-state index in [1.807, 2.05) is 28.5 Å². The second kappa shape index (κ2) is 5.76. The number of hydrogen-bond acceptors (Lipinski definition) is 5. The number of carbonyl (C=O) groups is 1. The van der Waals surface area contributed by atoms with Gasteiger partial charge in [-0.1, -0.05) is 17.6 Å². The van der Waals surface area contributed by atoms with E-state index in [-0.39, 0.29) is 0 Å². The minimum atomic E-state index is -0.744. The van der Waals surface area contributed by atoms with Gasteiger partial charge in [0.25, 0.3) is 0 Å². The number of aliphatic carboxylic acids is 1. The number of thiophene rings is 1. The molecule has 0 bridgehead atoms. The van der Waals surface area contributed by atoms with Gasteiger partial charge in [-0.3, -0.25) is 9.69 Å². The summed E-state index contributed by atoms with van der Waals surface area (Å²) < 4.78 is 5.33. The Kier molecular flexibility index (Phi) is 3.84. The molecule has 0 saturated carbocycles. The maximum absolute atomic E-state index is 11.3. The van der Waals surface area contributed by atoms with Gasteiger partial charge < -0.3 is 9.63 Å². The Hall–Kier alpha value is -1.66. The normalized spacial score (nSPS) is 20.1. The average molecular weight is 292 g/mol. The summed E-state index contributed by atoms with van der Waals surface area (Å²) >= 11 is 1.60. The third-order valence-corrected chi connectivity index (χ3v) is 4.47. The van der Waals surface area contributed by atoms with Crippen LogP contribution >= 0.6 is 11.3 Å². The zero-order chi connectivity index (χ0) is 13.9. The molecule has 1 atom stereocenters. The predicted molar refractivity (Wildman–Crippen MR) is 75.5 cm³/mol. The highest BCUT2D eigenvalue weighted by Gasteiger charge is 2.29. The van der Waals surface area contributed by atoms with Crippen molar-refractivity contribution in [2.75, 3.05) is 6.54 Å². The van der Waals surface area contributed by atoms with Crippen molar-refractivity contribution in [2.45, 2.75) is 31.8 Å². The smallest absolute Gasteiger partial charge is 0.320 e. The zero-order valence-corrected chi connectivity index (χ0v) is 11.8. The first-order valence-corrected chi connectivity index (χ1v) is 7.58. The number of rotatable bonds is 4. The van der Waals surface area contributed by atoms with Crippen molar-refractivity contribution in [3.63, 3.8) is 0 Å². The Bertz CT molecular complexity index is 579. The van der Waals surface area contributed by atoms with Crippen LogP contribution in [0.1, 0.15) is 25.0 Å². The van der Waals surface area contributed by atoms with Gasteiger partial charge in [0, 0.05) is 12.6 Å². The molecule has 1 aliphatic heterocycles. The molecule has 20 heavy (non-hydrogen) atoms. The van der Waals surface area contributed by atoms with Gasteiger partial charge in [0.05, 0.1) is 10.6 Å². The highest BCUT2D eigenvalue weighted by atomic mass is 32.1. The van der Waals surface area contributed by atoms with Gasteiger partial charge in [0.15, 0.2) is 5.76 Å². The first-order valence-electron chi connectivity index (χ1n) is 6.70. The van der Waals surface area contributed by atoms with Crippen molar-refractivity contribution < 1.29 is 14.4 Å². The summed E-state index contributed by atoms with van der Waals surface area (Å²) in [5.74, 6) is 0.00515. The van der Waals surface area contributed by atoms with Crippen LogP contribution in [-0.2, 0) is 11.3 Å². The fourth-order valence-electron chi connectivity index (χ4n) is 2.59. The molecule has 1 saturated heterocycles. The van der Waals surface area contributed by atoms with E-state index in [0.29, 0.717) is 13.0 Å². The van der Waals surface area contributed by atoms with Gasteiger partial charge in [-0.25, -0.2) is 0 Å². The van der Waals surface area contributed by atoms with Crippen LogP contribution in [0.4, 0.5) is 0 Å². The van der Waals surface area contributed by atoms with Crippen molar-refractivity contribution in [3.8, 4) is 10.6 Å². The Morgan fingerprint density at radius 2 is 2.45 bits per heavy atom. The molecule has 3 heterocycles. The van der Waals surface area contributed by atoms with Crippen molar-refractivity contribution >= 4 is 17.3 Å². The SMILES string of the molecule is O=C(O)C1CCCCN1Cc1cc(-c2cccs2)on1. The minimum Gasteiger partial charge on any atom is -0.480 e. The fraction of sp³-hybridized carbons (Fsp3) is 0.429. The molecule has 2 aromatic heterocycles. The van der Waals surface area contributed by atoms with E-state index in [2.05, 4.69) is 5.16 Å². The lowest BCUT2D eigenvalue weighted by atomic mass is 10.0. The molecule has 106 valence electrons. The quantitative estimate of drug-likeness (QED) is 0.938. The molecule has 0 aromatic carbocycles. The van der Waals surface area contributed by atoms with Crippen LogP contribution in [0.15, 0.2) is 28.1 Å². The summed E-state index contributed by atoms with van der Waals surface area (Å²) in [6.45, 7) is 1.34. The third-order valence-electron chi connectivity index (χ3n) is 3.59. The Morgan fingerprint density at radius 1 is 1.55 bits per heavy atom. The van der Waals surface area contributed by atoms with Crippen molar-refractivity contribution in [1.82, 2.24) is 10.1 Å². The molecule has 0 aliphatic carbocycles. The summed E-state index contributed by atoms with van der Waals surface area (Å²) in [6, 6.07) is 5.45. The molecule has 1 unspecified atom stereocenters. The van der Waals surface area contributed by atoms with E-state index in [1.54, 1.807) is 11.3 Å². The zero-order valence-electron chi connectivity index (χ0n) is 11.0. The van der Waals surface area contributed by atoms with Crippen LogP contribution in [0, 0.1) is 0 Å². The van der Waals surface area contributed by atoms with Crippen molar-refractivity contribution in [1.29, 1.82) is 0 Å². The van der Waals surface area contributed by atoms with Crippen molar-refractivity contribution in [3.05, 3.63) is 29.3 Å². The first kappa shape index (κ1) is 13.3. The largest absolute Gasteiger partial charge is 0.480 e. The van der Waals surface area contributed by atoms with E-state index in [4.69, 9.17) is 4.52 Å². The molecular formula is C14H16N2O3S. The van der Waals surface area contributed by atoms with Crippen LogP contribution in [-0.4, -0.2) is 33.7 Å². The fourth-order valence-corrected chi connectivity index (χ4v) is 3.26. The lowest BCUT2D eigenvalue weighted by Crippen LogP contribution is -2.44. The number of piperidine rings is 1.